The van der Waals surface area contributed by atoms with Gasteiger partial charge in [-0.05, 0) is 91.7 Å². The highest BCUT2D eigenvalue weighted by Crippen LogP contribution is 2.40. The first-order chi connectivity index (χ1) is 13.0. The molecule has 0 aromatic heterocycles. The van der Waals surface area contributed by atoms with Gasteiger partial charge < -0.3 is 15.6 Å². The zero-order chi connectivity index (χ0) is 18.9. The van der Waals surface area contributed by atoms with Crippen LogP contribution in [-0.4, -0.2) is 23.9 Å². The number of ether oxygens (including phenoxy) is 1. The number of aryl methyl sites for hydroxylation is 2. The minimum absolute atomic E-state index is 0.0943. The molecule has 0 aliphatic heterocycles. The Balaban J connectivity index is 1.38. The Labute approximate surface area is 162 Å². The average Bonchev–Trinajstić information content (AvgIpc) is 3.09. The van der Waals surface area contributed by atoms with Crippen LogP contribution in [0.2, 0.25) is 0 Å². The van der Waals surface area contributed by atoms with Gasteiger partial charge in [0.05, 0.1) is 13.2 Å². The van der Waals surface area contributed by atoms with E-state index < -0.39 is 0 Å². The number of benzene rings is 2. The first-order valence-corrected chi connectivity index (χ1v) is 10.3. The molecule has 3 heteroatoms. The van der Waals surface area contributed by atoms with E-state index in [-0.39, 0.29) is 12.1 Å². The van der Waals surface area contributed by atoms with Gasteiger partial charge in [0.2, 0.25) is 0 Å². The topological polar surface area (TPSA) is 55.5 Å². The smallest absolute Gasteiger partial charge is 0.119 e. The van der Waals surface area contributed by atoms with E-state index in [2.05, 4.69) is 43.3 Å². The summed E-state index contributed by atoms with van der Waals surface area (Å²) in [5, 5.41) is 9.52. The van der Waals surface area contributed by atoms with Crippen LogP contribution in [0.3, 0.4) is 0 Å². The number of rotatable bonds is 5. The lowest BCUT2D eigenvalue weighted by atomic mass is 9.82. The van der Waals surface area contributed by atoms with Crippen molar-refractivity contribution >= 4 is 0 Å². The number of nitrogens with two attached hydrogens (primary N) is 1. The van der Waals surface area contributed by atoms with Gasteiger partial charge in [0, 0.05) is 5.54 Å². The summed E-state index contributed by atoms with van der Waals surface area (Å²) in [6, 6.07) is 15.3. The van der Waals surface area contributed by atoms with Crippen molar-refractivity contribution in [2.45, 2.75) is 56.9 Å². The van der Waals surface area contributed by atoms with Crippen LogP contribution in [0.5, 0.6) is 5.75 Å². The molecule has 2 aliphatic rings. The first kappa shape index (κ1) is 18.5. The van der Waals surface area contributed by atoms with Crippen LogP contribution >= 0.6 is 0 Å². The van der Waals surface area contributed by atoms with E-state index in [0.29, 0.717) is 11.8 Å². The van der Waals surface area contributed by atoms with E-state index in [9.17, 15) is 5.11 Å². The Hall–Kier alpha value is -1.84. The molecule has 0 unspecified atom stereocenters. The van der Waals surface area contributed by atoms with Gasteiger partial charge in [-0.1, -0.05) is 30.3 Å². The molecule has 2 aromatic rings. The molecule has 2 aromatic carbocycles. The fraction of sp³-hybridized carbons (Fsp3) is 0.500. The molecule has 0 amide bonds. The monoisotopic (exact) mass is 365 g/mol. The minimum atomic E-state index is -0.376. The van der Waals surface area contributed by atoms with Gasteiger partial charge in [0.1, 0.15) is 5.75 Å². The molecule has 144 valence electrons. The maximum Gasteiger partial charge on any atom is 0.119 e. The second-order valence-electron chi connectivity index (χ2n) is 8.72. The van der Waals surface area contributed by atoms with E-state index in [1.807, 2.05) is 6.07 Å². The molecule has 3 N–H and O–H groups in total. The number of aliphatic hydroxyl groups is 1. The molecular weight excluding hydrogens is 334 g/mol. The maximum absolute atomic E-state index is 9.52. The molecule has 1 fully saturated rings. The summed E-state index contributed by atoms with van der Waals surface area (Å²) < 4.78 is 6.04. The Morgan fingerprint density at radius 2 is 2.04 bits per heavy atom. The second-order valence-corrected chi connectivity index (χ2v) is 8.72. The third-order valence-electron chi connectivity index (χ3n) is 6.47. The lowest BCUT2D eigenvalue weighted by molar-refractivity contribution is 0.198. The van der Waals surface area contributed by atoms with Crippen molar-refractivity contribution in [3.05, 3.63) is 64.7 Å². The van der Waals surface area contributed by atoms with Gasteiger partial charge in [-0.15, -0.1) is 0 Å². The van der Waals surface area contributed by atoms with E-state index in [1.165, 1.54) is 28.7 Å². The zero-order valence-corrected chi connectivity index (χ0v) is 16.3. The lowest BCUT2D eigenvalue weighted by Gasteiger charge is -2.26. The van der Waals surface area contributed by atoms with Gasteiger partial charge in [-0.2, -0.15) is 0 Å². The summed E-state index contributed by atoms with van der Waals surface area (Å²) in [7, 11) is 0. The van der Waals surface area contributed by atoms with Gasteiger partial charge in [0.15, 0.2) is 0 Å². The highest BCUT2D eigenvalue weighted by Gasteiger charge is 2.36. The SMILES string of the molecule is Cc1cccc(OC[C@@H]2CCc3cc([C@H]4CC[C@](N)(CO)C4)ccc3C2)c1. The molecule has 4 rings (SSSR count). The summed E-state index contributed by atoms with van der Waals surface area (Å²) in [4.78, 5) is 0. The van der Waals surface area contributed by atoms with Gasteiger partial charge >= 0.3 is 0 Å². The molecule has 2 aliphatic carbocycles. The molecule has 0 bridgehead atoms. The molecule has 27 heavy (non-hydrogen) atoms. The first-order valence-electron chi connectivity index (χ1n) is 10.3. The Kier molecular flexibility index (Phi) is 5.25. The largest absolute Gasteiger partial charge is 0.493 e. The number of aliphatic hydroxyl groups excluding tert-OH is 1. The third-order valence-corrected chi connectivity index (χ3v) is 6.47. The third kappa shape index (κ3) is 4.20. The normalized spacial score (nSPS) is 27.4. The molecule has 0 saturated heterocycles. The fourth-order valence-electron chi connectivity index (χ4n) is 4.75. The molecule has 0 heterocycles. The molecule has 0 radical (unpaired) electrons. The van der Waals surface area contributed by atoms with Crippen LogP contribution in [0.25, 0.3) is 0 Å². The Morgan fingerprint density at radius 3 is 2.81 bits per heavy atom. The van der Waals surface area contributed by atoms with Crippen LogP contribution < -0.4 is 10.5 Å². The van der Waals surface area contributed by atoms with Crippen molar-refractivity contribution in [1.82, 2.24) is 0 Å². The predicted octanol–water partition coefficient (Wildman–Crippen LogP) is 4.14. The van der Waals surface area contributed by atoms with Gasteiger partial charge in [-0.25, -0.2) is 0 Å². The van der Waals surface area contributed by atoms with Crippen molar-refractivity contribution < 1.29 is 9.84 Å². The summed E-state index contributed by atoms with van der Waals surface area (Å²) in [5.74, 6) is 2.06. The summed E-state index contributed by atoms with van der Waals surface area (Å²) in [6.45, 7) is 2.98. The highest BCUT2D eigenvalue weighted by atomic mass is 16.5. The van der Waals surface area contributed by atoms with Crippen LogP contribution in [-0.2, 0) is 12.8 Å². The van der Waals surface area contributed by atoms with Gasteiger partial charge in [-0.3, -0.25) is 0 Å². The van der Waals surface area contributed by atoms with Crippen molar-refractivity contribution in [2.75, 3.05) is 13.2 Å². The standard InChI is InChI=1S/C24H31NO2/c1-17-3-2-4-23(11-17)27-15-18-5-6-20-13-21(8-7-19(20)12-18)22-9-10-24(25,14-22)16-26/h2-4,7-8,11,13,18,22,26H,5-6,9-10,12,14-16,25H2,1H3/t18-,22+,24-/m1/s1. The molecule has 0 spiro atoms. The fourth-order valence-corrected chi connectivity index (χ4v) is 4.75. The highest BCUT2D eigenvalue weighted by molar-refractivity contribution is 5.37. The van der Waals surface area contributed by atoms with E-state index in [4.69, 9.17) is 10.5 Å². The number of hydrogen-bond donors (Lipinski definition) is 2. The average molecular weight is 366 g/mol. The van der Waals surface area contributed by atoms with Crippen LogP contribution in [0.1, 0.15) is 53.9 Å². The van der Waals surface area contributed by atoms with Crippen LogP contribution in [0.4, 0.5) is 0 Å². The van der Waals surface area contributed by atoms with E-state index in [1.54, 1.807) is 0 Å². The predicted molar refractivity (Wildman–Crippen MR) is 109 cm³/mol. The summed E-state index contributed by atoms with van der Waals surface area (Å²) in [6.07, 6.45) is 6.32. The Morgan fingerprint density at radius 1 is 1.15 bits per heavy atom. The van der Waals surface area contributed by atoms with Crippen molar-refractivity contribution in [1.29, 1.82) is 0 Å². The second kappa shape index (κ2) is 7.65. The van der Waals surface area contributed by atoms with Crippen LogP contribution in [0.15, 0.2) is 42.5 Å². The van der Waals surface area contributed by atoms with Crippen molar-refractivity contribution in [3.8, 4) is 5.75 Å². The molecule has 1 saturated carbocycles. The summed E-state index contributed by atoms with van der Waals surface area (Å²) >= 11 is 0. The molecule has 3 atom stereocenters. The Bertz CT molecular complexity index is 803. The quantitative estimate of drug-likeness (QED) is 0.837. The number of fused-ring (bicyclic) bond motifs is 1. The zero-order valence-electron chi connectivity index (χ0n) is 16.3. The lowest BCUT2D eigenvalue weighted by Crippen LogP contribution is -2.40. The minimum Gasteiger partial charge on any atom is -0.493 e. The molecule has 3 nitrogen and oxygen atoms in total. The van der Waals surface area contributed by atoms with E-state index >= 15 is 0 Å². The molecular formula is C24H31NO2. The van der Waals surface area contributed by atoms with E-state index in [0.717, 1.165) is 44.5 Å². The van der Waals surface area contributed by atoms with Crippen molar-refractivity contribution in [3.63, 3.8) is 0 Å². The van der Waals surface area contributed by atoms with Gasteiger partial charge in [0.25, 0.3) is 0 Å². The summed E-state index contributed by atoms with van der Waals surface area (Å²) in [5.41, 5.74) is 11.5. The van der Waals surface area contributed by atoms with Crippen molar-refractivity contribution in [2.24, 2.45) is 11.7 Å². The van der Waals surface area contributed by atoms with Crippen LogP contribution in [0, 0.1) is 12.8 Å². The maximum atomic E-state index is 9.52. The number of hydrogen-bond acceptors (Lipinski definition) is 3.